The van der Waals surface area contributed by atoms with Gasteiger partial charge >= 0.3 is 0 Å². The van der Waals surface area contributed by atoms with Gasteiger partial charge < -0.3 is 10.6 Å². The number of carbonyl (C=O) groups excluding carboxylic acids is 1. The van der Waals surface area contributed by atoms with Gasteiger partial charge in [0, 0.05) is 18.3 Å². The van der Waals surface area contributed by atoms with Gasteiger partial charge in [-0.2, -0.15) is 11.8 Å². The van der Waals surface area contributed by atoms with E-state index in [0.717, 1.165) is 13.0 Å². The molecular weight excluding hydrogens is 294 g/mol. The number of anilines is 1. The number of amides is 1. The van der Waals surface area contributed by atoms with E-state index in [1.807, 2.05) is 11.8 Å². The summed E-state index contributed by atoms with van der Waals surface area (Å²) in [7, 11) is 0. The maximum Gasteiger partial charge on any atom is 0.271 e. The largest absolute Gasteiger partial charge is 0.370 e. The van der Waals surface area contributed by atoms with Crippen molar-refractivity contribution in [2.24, 2.45) is 0 Å². The zero-order valence-corrected chi connectivity index (χ0v) is 13.2. The van der Waals surface area contributed by atoms with Gasteiger partial charge in [-0.3, -0.25) is 4.79 Å². The summed E-state index contributed by atoms with van der Waals surface area (Å²) in [6, 6.07) is 3.51. The Bertz CT molecular complexity index is 464. The molecule has 1 aliphatic rings. The van der Waals surface area contributed by atoms with Crippen molar-refractivity contribution in [3.8, 4) is 0 Å². The van der Waals surface area contributed by atoms with E-state index in [-0.39, 0.29) is 5.91 Å². The number of hydrogen-bond acceptors (Lipinski definition) is 4. The summed E-state index contributed by atoms with van der Waals surface area (Å²) in [4.78, 5) is 16.4. The van der Waals surface area contributed by atoms with E-state index in [1.165, 1.54) is 18.6 Å². The van der Waals surface area contributed by atoms with Crippen LogP contribution in [0.1, 0.15) is 36.7 Å². The van der Waals surface area contributed by atoms with Gasteiger partial charge in [0.1, 0.15) is 11.5 Å². The lowest BCUT2D eigenvalue weighted by Gasteiger charge is -2.11. The van der Waals surface area contributed by atoms with Crippen molar-refractivity contribution in [2.75, 3.05) is 24.2 Å². The van der Waals surface area contributed by atoms with Crippen LogP contribution in [0.2, 0.25) is 5.02 Å². The number of nitrogens with one attached hydrogen (secondary N) is 2. The summed E-state index contributed by atoms with van der Waals surface area (Å²) in [5, 5.41) is 7.01. The molecule has 1 unspecified atom stereocenters. The first-order valence-electron chi connectivity index (χ1n) is 7.01. The Hall–Kier alpha value is -0.940. The van der Waals surface area contributed by atoms with Crippen molar-refractivity contribution < 1.29 is 4.79 Å². The van der Waals surface area contributed by atoms with E-state index in [9.17, 15) is 4.79 Å². The third-order valence-electron chi connectivity index (χ3n) is 3.13. The van der Waals surface area contributed by atoms with Crippen LogP contribution >= 0.6 is 23.4 Å². The Morgan fingerprint density at radius 3 is 3.10 bits per heavy atom. The number of aromatic nitrogens is 1. The van der Waals surface area contributed by atoms with E-state index >= 15 is 0 Å². The molecule has 6 heteroatoms. The zero-order valence-electron chi connectivity index (χ0n) is 11.6. The van der Waals surface area contributed by atoms with E-state index in [4.69, 9.17) is 11.6 Å². The summed E-state index contributed by atoms with van der Waals surface area (Å²) >= 11 is 7.98. The average molecular weight is 314 g/mol. The lowest BCUT2D eigenvalue weighted by Crippen LogP contribution is -2.30. The molecule has 2 heterocycles. The van der Waals surface area contributed by atoms with Crippen LogP contribution in [0, 0.1) is 0 Å². The SMILES string of the molecule is CCCNc1ccc(Cl)c(C(=O)NCC2CCCS2)n1. The topological polar surface area (TPSA) is 54.0 Å². The molecule has 1 amide bonds. The van der Waals surface area contributed by atoms with E-state index in [0.29, 0.717) is 28.3 Å². The van der Waals surface area contributed by atoms with Gasteiger partial charge in [-0.05, 0) is 37.1 Å². The molecule has 0 aromatic carbocycles. The summed E-state index contributed by atoms with van der Waals surface area (Å²) in [6.45, 7) is 3.60. The van der Waals surface area contributed by atoms with Crippen LogP contribution < -0.4 is 10.6 Å². The number of pyridine rings is 1. The van der Waals surface area contributed by atoms with Crippen LogP contribution in [0.5, 0.6) is 0 Å². The highest BCUT2D eigenvalue weighted by Crippen LogP contribution is 2.25. The molecule has 2 N–H and O–H groups in total. The molecule has 0 radical (unpaired) electrons. The fraction of sp³-hybridized carbons (Fsp3) is 0.571. The number of rotatable bonds is 6. The van der Waals surface area contributed by atoms with Gasteiger partial charge in [-0.1, -0.05) is 18.5 Å². The number of thioether (sulfide) groups is 1. The predicted molar refractivity (Wildman–Crippen MR) is 85.8 cm³/mol. The Kier molecular flexibility index (Phi) is 5.98. The molecule has 1 aromatic heterocycles. The zero-order chi connectivity index (χ0) is 14.4. The van der Waals surface area contributed by atoms with Crippen molar-refractivity contribution in [2.45, 2.75) is 31.4 Å². The highest BCUT2D eigenvalue weighted by Gasteiger charge is 2.18. The van der Waals surface area contributed by atoms with E-state index in [2.05, 4.69) is 22.5 Å². The van der Waals surface area contributed by atoms with Crippen LogP contribution in [0.4, 0.5) is 5.82 Å². The number of halogens is 1. The molecule has 0 spiro atoms. The number of nitrogens with zero attached hydrogens (tertiary/aromatic N) is 1. The lowest BCUT2D eigenvalue weighted by molar-refractivity contribution is 0.0949. The highest BCUT2D eigenvalue weighted by atomic mass is 35.5. The highest BCUT2D eigenvalue weighted by molar-refractivity contribution is 8.00. The average Bonchev–Trinajstić information content (AvgIpc) is 2.97. The van der Waals surface area contributed by atoms with Gasteiger partial charge in [0.25, 0.3) is 5.91 Å². The molecule has 1 aliphatic heterocycles. The van der Waals surface area contributed by atoms with Gasteiger partial charge in [0.2, 0.25) is 0 Å². The van der Waals surface area contributed by atoms with Crippen molar-refractivity contribution in [1.29, 1.82) is 0 Å². The normalized spacial score (nSPS) is 18.0. The van der Waals surface area contributed by atoms with Crippen molar-refractivity contribution in [1.82, 2.24) is 10.3 Å². The first kappa shape index (κ1) is 15.4. The van der Waals surface area contributed by atoms with Crippen LogP contribution in [0.15, 0.2) is 12.1 Å². The number of hydrogen-bond donors (Lipinski definition) is 2. The first-order chi connectivity index (χ1) is 9.70. The monoisotopic (exact) mass is 313 g/mol. The molecule has 2 rings (SSSR count). The predicted octanol–water partition coefficient (Wildman–Crippen LogP) is 3.18. The molecule has 1 saturated heterocycles. The molecule has 0 bridgehead atoms. The van der Waals surface area contributed by atoms with Crippen LogP contribution in [-0.4, -0.2) is 35.0 Å². The van der Waals surface area contributed by atoms with Crippen molar-refractivity contribution in [3.63, 3.8) is 0 Å². The van der Waals surface area contributed by atoms with Crippen molar-refractivity contribution in [3.05, 3.63) is 22.8 Å². The third-order valence-corrected chi connectivity index (χ3v) is 4.83. The van der Waals surface area contributed by atoms with Crippen LogP contribution in [0.25, 0.3) is 0 Å². The van der Waals surface area contributed by atoms with E-state index in [1.54, 1.807) is 12.1 Å². The summed E-state index contributed by atoms with van der Waals surface area (Å²) in [6.07, 6.45) is 3.41. The summed E-state index contributed by atoms with van der Waals surface area (Å²) in [5.41, 5.74) is 0.302. The lowest BCUT2D eigenvalue weighted by atomic mass is 10.2. The van der Waals surface area contributed by atoms with Crippen molar-refractivity contribution >= 4 is 35.1 Å². The Morgan fingerprint density at radius 2 is 2.40 bits per heavy atom. The van der Waals surface area contributed by atoms with Gasteiger partial charge in [0.05, 0.1) is 5.02 Å². The Labute approximate surface area is 129 Å². The first-order valence-corrected chi connectivity index (χ1v) is 8.43. The molecule has 20 heavy (non-hydrogen) atoms. The third kappa shape index (κ3) is 4.28. The van der Waals surface area contributed by atoms with Crippen LogP contribution in [0.3, 0.4) is 0 Å². The minimum absolute atomic E-state index is 0.192. The second-order valence-corrected chi connectivity index (χ2v) is 6.61. The quantitative estimate of drug-likeness (QED) is 0.847. The molecule has 4 nitrogen and oxygen atoms in total. The van der Waals surface area contributed by atoms with Gasteiger partial charge in [-0.15, -0.1) is 0 Å². The molecule has 1 aromatic rings. The maximum absolute atomic E-state index is 12.2. The molecule has 1 atom stereocenters. The molecular formula is C14H20ClN3OS. The standard InChI is InChI=1S/C14H20ClN3OS/c1-2-7-16-12-6-5-11(15)13(18-12)14(19)17-9-10-4-3-8-20-10/h5-6,10H,2-4,7-9H2,1H3,(H,16,18)(H,17,19). The minimum Gasteiger partial charge on any atom is -0.370 e. The second kappa shape index (κ2) is 7.74. The van der Waals surface area contributed by atoms with Crippen LogP contribution in [-0.2, 0) is 0 Å². The molecule has 0 aliphatic carbocycles. The Balaban J connectivity index is 1.96. The summed E-state index contributed by atoms with van der Waals surface area (Å²) in [5.74, 6) is 1.69. The fourth-order valence-corrected chi connectivity index (χ4v) is 3.44. The fourth-order valence-electron chi connectivity index (χ4n) is 2.05. The van der Waals surface area contributed by atoms with E-state index < -0.39 is 0 Å². The second-order valence-electron chi connectivity index (χ2n) is 4.80. The number of carbonyl (C=O) groups is 1. The smallest absolute Gasteiger partial charge is 0.271 e. The summed E-state index contributed by atoms with van der Waals surface area (Å²) < 4.78 is 0. The van der Waals surface area contributed by atoms with Gasteiger partial charge in [0.15, 0.2) is 0 Å². The van der Waals surface area contributed by atoms with Gasteiger partial charge in [-0.25, -0.2) is 4.98 Å². The maximum atomic E-state index is 12.2. The minimum atomic E-state index is -0.192. The molecule has 0 saturated carbocycles. The molecule has 110 valence electrons. The Morgan fingerprint density at radius 1 is 1.55 bits per heavy atom. The molecule has 1 fully saturated rings.